The molecule has 1 amide bonds. The van der Waals surface area contributed by atoms with E-state index in [2.05, 4.69) is 37.0 Å². The van der Waals surface area contributed by atoms with Crippen molar-refractivity contribution < 1.29 is 4.79 Å². The Morgan fingerprint density at radius 2 is 2.09 bits per heavy atom. The molecule has 0 aromatic heterocycles. The standard InChI is InChI=1S/C18H29N3OS/c1-2-3-11-18(19)16(10-7-12-23)21(17(22)13-20-18)14-15-8-5-4-6-9-15/h4-6,8-9,16,20,23H,2-3,7,10-14,19H2,1H3/t16?,18-/m0/s1. The first-order valence-corrected chi connectivity index (χ1v) is 9.22. The molecule has 0 aliphatic carbocycles. The predicted molar refractivity (Wildman–Crippen MR) is 98.3 cm³/mol. The van der Waals surface area contributed by atoms with Crippen LogP contribution in [0.3, 0.4) is 0 Å². The minimum atomic E-state index is -0.498. The molecule has 1 saturated heterocycles. The summed E-state index contributed by atoms with van der Waals surface area (Å²) in [6, 6.07) is 10.2. The highest BCUT2D eigenvalue weighted by molar-refractivity contribution is 7.80. The summed E-state index contributed by atoms with van der Waals surface area (Å²) in [6.07, 6.45) is 4.90. The number of hydrogen-bond donors (Lipinski definition) is 3. The summed E-state index contributed by atoms with van der Waals surface area (Å²) in [6.45, 7) is 3.12. The van der Waals surface area contributed by atoms with Gasteiger partial charge in [-0.1, -0.05) is 50.1 Å². The number of hydrogen-bond acceptors (Lipinski definition) is 4. The van der Waals surface area contributed by atoms with Gasteiger partial charge in [0.15, 0.2) is 0 Å². The zero-order chi connectivity index (χ0) is 16.7. The number of unbranched alkanes of at least 4 members (excludes halogenated alkanes) is 1. The van der Waals surface area contributed by atoms with E-state index >= 15 is 0 Å². The second kappa shape index (κ2) is 8.71. The number of nitrogens with two attached hydrogens (primary N) is 1. The Morgan fingerprint density at radius 3 is 2.74 bits per heavy atom. The van der Waals surface area contributed by atoms with E-state index in [4.69, 9.17) is 5.73 Å². The molecule has 1 aromatic rings. The lowest BCUT2D eigenvalue weighted by Gasteiger charge is -2.49. The molecule has 0 saturated carbocycles. The van der Waals surface area contributed by atoms with Crippen LogP contribution in [0.25, 0.3) is 0 Å². The smallest absolute Gasteiger partial charge is 0.237 e. The van der Waals surface area contributed by atoms with Crippen LogP contribution in [-0.2, 0) is 11.3 Å². The minimum Gasteiger partial charge on any atom is -0.331 e. The topological polar surface area (TPSA) is 58.4 Å². The van der Waals surface area contributed by atoms with Crippen molar-refractivity contribution in [1.29, 1.82) is 0 Å². The number of thiol groups is 1. The Labute approximate surface area is 145 Å². The number of carbonyl (C=O) groups excluding carboxylic acids is 1. The van der Waals surface area contributed by atoms with E-state index in [0.29, 0.717) is 13.1 Å². The quantitative estimate of drug-likeness (QED) is 0.640. The second-order valence-electron chi connectivity index (χ2n) is 6.39. The summed E-state index contributed by atoms with van der Waals surface area (Å²) in [5.74, 6) is 0.948. The molecule has 1 aliphatic heterocycles. The molecule has 0 bridgehead atoms. The summed E-state index contributed by atoms with van der Waals surface area (Å²) in [7, 11) is 0. The Balaban J connectivity index is 2.21. The first-order valence-electron chi connectivity index (χ1n) is 8.59. The van der Waals surface area contributed by atoms with Crippen LogP contribution < -0.4 is 11.1 Å². The average Bonchev–Trinajstić information content (AvgIpc) is 2.57. The second-order valence-corrected chi connectivity index (χ2v) is 6.83. The third-order valence-electron chi connectivity index (χ3n) is 4.64. The molecule has 1 aliphatic rings. The third-order valence-corrected chi connectivity index (χ3v) is 4.95. The molecular formula is C18H29N3OS. The lowest BCUT2D eigenvalue weighted by Crippen LogP contribution is -2.72. The van der Waals surface area contributed by atoms with Crippen LogP contribution in [0.5, 0.6) is 0 Å². The van der Waals surface area contributed by atoms with Crippen LogP contribution in [0.1, 0.15) is 44.6 Å². The molecule has 1 aromatic carbocycles. The van der Waals surface area contributed by atoms with Crippen molar-refractivity contribution in [3.8, 4) is 0 Å². The number of benzene rings is 1. The van der Waals surface area contributed by atoms with Gasteiger partial charge in [-0.05, 0) is 30.6 Å². The Kier molecular flexibility index (Phi) is 6.93. The largest absolute Gasteiger partial charge is 0.331 e. The molecular weight excluding hydrogens is 306 g/mol. The zero-order valence-electron chi connectivity index (χ0n) is 14.0. The molecule has 0 spiro atoms. The third kappa shape index (κ3) is 4.72. The maximum Gasteiger partial charge on any atom is 0.237 e. The molecule has 3 N–H and O–H groups in total. The number of carbonyl (C=O) groups is 1. The van der Waals surface area contributed by atoms with E-state index in [0.717, 1.165) is 43.4 Å². The van der Waals surface area contributed by atoms with Crippen LogP contribution in [0.4, 0.5) is 0 Å². The fourth-order valence-electron chi connectivity index (χ4n) is 3.31. The van der Waals surface area contributed by atoms with Crippen molar-refractivity contribution >= 4 is 18.5 Å². The van der Waals surface area contributed by atoms with Gasteiger partial charge in [0.1, 0.15) is 0 Å². The number of piperazine rings is 1. The van der Waals surface area contributed by atoms with Gasteiger partial charge in [0.25, 0.3) is 0 Å². The molecule has 4 nitrogen and oxygen atoms in total. The Hall–Kier alpha value is -1.04. The summed E-state index contributed by atoms with van der Waals surface area (Å²) in [4.78, 5) is 14.5. The number of nitrogens with zero attached hydrogens (tertiary/aromatic N) is 1. The molecule has 2 atom stereocenters. The molecule has 23 heavy (non-hydrogen) atoms. The fraction of sp³-hybridized carbons (Fsp3) is 0.611. The van der Waals surface area contributed by atoms with E-state index < -0.39 is 5.66 Å². The van der Waals surface area contributed by atoms with Crippen molar-refractivity contribution in [2.75, 3.05) is 12.3 Å². The Morgan fingerprint density at radius 1 is 1.35 bits per heavy atom. The predicted octanol–water partition coefficient (Wildman–Crippen LogP) is 2.54. The SMILES string of the molecule is CCCC[C@]1(N)NCC(=O)N(Cc2ccccc2)C1CCCS. The Bertz CT molecular complexity index is 496. The van der Waals surface area contributed by atoms with E-state index in [1.807, 2.05) is 23.1 Å². The highest BCUT2D eigenvalue weighted by atomic mass is 32.1. The molecule has 1 heterocycles. The lowest BCUT2D eigenvalue weighted by atomic mass is 9.87. The zero-order valence-corrected chi connectivity index (χ0v) is 14.9. The van der Waals surface area contributed by atoms with Gasteiger partial charge in [0.05, 0.1) is 18.2 Å². The van der Waals surface area contributed by atoms with E-state index in [1.54, 1.807) is 0 Å². The lowest BCUT2D eigenvalue weighted by molar-refractivity contribution is -0.141. The van der Waals surface area contributed by atoms with Crippen molar-refractivity contribution in [2.24, 2.45) is 5.73 Å². The van der Waals surface area contributed by atoms with E-state index in [1.165, 1.54) is 0 Å². The van der Waals surface area contributed by atoms with Gasteiger partial charge < -0.3 is 10.6 Å². The monoisotopic (exact) mass is 335 g/mol. The van der Waals surface area contributed by atoms with Crippen LogP contribution in [-0.4, -0.2) is 34.8 Å². The summed E-state index contributed by atoms with van der Waals surface area (Å²) < 4.78 is 0. The maximum atomic E-state index is 12.5. The summed E-state index contributed by atoms with van der Waals surface area (Å²) in [5.41, 5.74) is 7.36. The molecule has 2 rings (SSSR count). The van der Waals surface area contributed by atoms with Gasteiger partial charge in [0.2, 0.25) is 5.91 Å². The van der Waals surface area contributed by atoms with Crippen molar-refractivity contribution in [2.45, 2.75) is 57.3 Å². The highest BCUT2D eigenvalue weighted by Gasteiger charge is 2.43. The van der Waals surface area contributed by atoms with Crippen LogP contribution >= 0.6 is 12.6 Å². The fourth-order valence-corrected chi connectivity index (χ4v) is 3.49. The van der Waals surface area contributed by atoms with Crippen molar-refractivity contribution in [3.05, 3.63) is 35.9 Å². The van der Waals surface area contributed by atoms with E-state index in [9.17, 15) is 4.79 Å². The molecule has 0 radical (unpaired) electrons. The number of nitrogens with one attached hydrogen (secondary N) is 1. The number of amides is 1. The average molecular weight is 336 g/mol. The molecule has 1 fully saturated rings. The highest BCUT2D eigenvalue weighted by Crippen LogP contribution is 2.27. The van der Waals surface area contributed by atoms with Crippen LogP contribution in [0, 0.1) is 0 Å². The molecule has 1 unspecified atom stereocenters. The van der Waals surface area contributed by atoms with Crippen LogP contribution in [0.15, 0.2) is 30.3 Å². The first-order chi connectivity index (χ1) is 11.1. The normalized spacial score (nSPS) is 24.9. The number of rotatable bonds is 8. The van der Waals surface area contributed by atoms with Crippen LogP contribution in [0.2, 0.25) is 0 Å². The van der Waals surface area contributed by atoms with Crippen molar-refractivity contribution in [1.82, 2.24) is 10.2 Å². The van der Waals surface area contributed by atoms with E-state index in [-0.39, 0.29) is 11.9 Å². The van der Waals surface area contributed by atoms with Gasteiger partial charge >= 0.3 is 0 Å². The maximum absolute atomic E-state index is 12.5. The van der Waals surface area contributed by atoms with Crippen molar-refractivity contribution in [3.63, 3.8) is 0 Å². The molecule has 128 valence electrons. The molecule has 5 heteroatoms. The van der Waals surface area contributed by atoms with Gasteiger partial charge in [-0.2, -0.15) is 12.6 Å². The summed E-state index contributed by atoms with van der Waals surface area (Å²) >= 11 is 4.33. The van der Waals surface area contributed by atoms with Gasteiger partial charge in [0, 0.05) is 6.54 Å². The first kappa shape index (κ1) is 18.3. The van der Waals surface area contributed by atoms with Gasteiger partial charge in [-0.3, -0.25) is 10.1 Å². The van der Waals surface area contributed by atoms with Gasteiger partial charge in [-0.15, -0.1) is 0 Å². The summed E-state index contributed by atoms with van der Waals surface area (Å²) in [5, 5.41) is 3.32. The minimum absolute atomic E-state index is 0.0163. The van der Waals surface area contributed by atoms with Gasteiger partial charge in [-0.25, -0.2) is 0 Å².